The van der Waals surface area contributed by atoms with Crippen molar-refractivity contribution in [1.29, 1.82) is 0 Å². The van der Waals surface area contributed by atoms with Crippen LogP contribution in [0, 0.1) is 0 Å². The molecule has 6 nitrogen and oxygen atoms in total. The molecule has 2 aromatic rings. The monoisotopic (exact) mass is 272 g/mol. The van der Waals surface area contributed by atoms with Crippen molar-refractivity contribution in [3.05, 3.63) is 36.2 Å². The third kappa shape index (κ3) is 3.81. The molecule has 0 spiro atoms. The van der Waals surface area contributed by atoms with E-state index in [1.807, 2.05) is 36.3 Å². The summed E-state index contributed by atoms with van der Waals surface area (Å²) < 4.78 is 0. The van der Waals surface area contributed by atoms with E-state index in [0.29, 0.717) is 12.6 Å². The molecule has 20 heavy (non-hydrogen) atoms. The topological polar surface area (TPSA) is 80.0 Å². The van der Waals surface area contributed by atoms with Crippen LogP contribution in [0.1, 0.15) is 19.4 Å². The molecule has 0 atom stereocenters. The highest BCUT2D eigenvalue weighted by atomic mass is 15.2. The first-order valence-corrected chi connectivity index (χ1v) is 6.55. The van der Waals surface area contributed by atoms with E-state index in [9.17, 15) is 0 Å². The van der Waals surface area contributed by atoms with E-state index in [1.165, 1.54) is 0 Å². The quantitative estimate of drug-likeness (QED) is 0.865. The van der Waals surface area contributed by atoms with Crippen molar-refractivity contribution in [1.82, 2.24) is 15.0 Å². The van der Waals surface area contributed by atoms with Crippen molar-refractivity contribution >= 4 is 17.6 Å². The summed E-state index contributed by atoms with van der Waals surface area (Å²) in [6, 6.07) is 6.14. The Morgan fingerprint density at radius 3 is 2.80 bits per heavy atom. The van der Waals surface area contributed by atoms with E-state index in [-0.39, 0.29) is 5.95 Å². The first kappa shape index (κ1) is 14.0. The Bertz CT molecular complexity index is 555. The van der Waals surface area contributed by atoms with E-state index in [1.54, 1.807) is 6.20 Å². The standard InChI is InChI=1S/C14H20N6/c1-10(2)17-12-7-13(19-14(15)18-12)20(3)9-11-5-4-6-16-8-11/h4-8,10H,9H2,1-3H3,(H3,15,17,18,19). The second-order valence-electron chi connectivity index (χ2n) is 4.99. The van der Waals surface area contributed by atoms with Crippen molar-refractivity contribution in [2.75, 3.05) is 23.0 Å². The van der Waals surface area contributed by atoms with Crippen LogP contribution >= 0.6 is 0 Å². The molecular formula is C14H20N6. The van der Waals surface area contributed by atoms with Gasteiger partial charge in [-0.2, -0.15) is 9.97 Å². The lowest BCUT2D eigenvalue weighted by atomic mass is 10.2. The van der Waals surface area contributed by atoms with Crippen molar-refractivity contribution < 1.29 is 0 Å². The van der Waals surface area contributed by atoms with Gasteiger partial charge in [0.1, 0.15) is 11.6 Å². The molecule has 2 aromatic heterocycles. The molecule has 0 bridgehead atoms. The minimum atomic E-state index is 0.267. The molecule has 2 rings (SSSR count). The molecule has 0 saturated heterocycles. The molecular weight excluding hydrogens is 252 g/mol. The summed E-state index contributed by atoms with van der Waals surface area (Å²) in [6.07, 6.45) is 3.60. The first-order chi connectivity index (χ1) is 9.54. The number of nitrogens with one attached hydrogen (secondary N) is 1. The number of rotatable bonds is 5. The van der Waals surface area contributed by atoms with E-state index in [0.717, 1.165) is 17.2 Å². The largest absolute Gasteiger partial charge is 0.368 e. The lowest BCUT2D eigenvalue weighted by molar-refractivity contribution is 0.870. The number of pyridine rings is 1. The minimum Gasteiger partial charge on any atom is -0.368 e. The summed E-state index contributed by atoms with van der Waals surface area (Å²) in [5, 5.41) is 3.23. The highest BCUT2D eigenvalue weighted by Gasteiger charge is 2.08. The van der Waals surface area contributed by atoms with Gasteiger partial charge in [0.15, 0.2) is 0 Å². The number of nitrogen functional groups attached to an aromatic ring is 1. The summed E-state index contributed by atoms with van der Waals surface area (Å²) in [5.74, 6) is 1.79. The smallest absolute Gasteiger partial charge is 0.223 e. The van der Waals surface area contributed by atoms with Gasteiger partial charge < -0.3 is 16.0 Å². The molecule has 0 amide bonds. The number of anilines is 3. The van der Waals surface area contributed by atoms with Gasteiger partial charge in [0.25, 0.3) is 0 Å². The maximum atomic E-state index is 5.77. The van der Waals surface area contributed by atoms with Crippen LogP contribution in [0.4, 0.5) is 17.6 Å². The van der Waals surface area contributed by atoms with E-state index < -0.39 is 0 Å². The summed E-state index contributed by atoms with van der Waals surface area (Å²) in [6.45, 7) is 4.82. The van der Waals surface area contributed by atoms with Crippen LogP contribution in [0.25, 0.3) is 0 Å². The van der Waals surface area contributed by atoms with Gasteiger partial charge in [0.05, 0.1) is 0 Å². The lowest BCUT2D eigenvalue weighted by Crippen LogP contribution is -2.20. The first-order valence-electron chi connectivity index (χ1n) is 6.55. The van der Waals surface area contributed by atoms with Gasteiger partial charge >= 0.3 is 0 Å². The predicted molar refractivity (Wildman–Crippen MR) is 81.5 cm³/mol. The summed E-state index contributed by atoms with van der Waals surface area (Å²) >= 11 is 0. The fourth-order valence-electron chi connectivity index (χ4n) is 1.86. The number of hydrogen-bond donors (Lipinski definition) is 2. The van der Waals surface area contributed by atoms with Crippen LogP contribution in [0.3, 0.4) is 0 Å². The van der Waals surface area contributed by atoms with Gasteiger partial charge in [-0.25, -0.2) is 0 Å². The van der Waals surface area contributed by atoms with E-state index >= 15 is 0 Å². The SMILES string of the molecule is CC(C)Nc1cc(N(C)Cc2cccnc2)nc(N)n1. The lowest BCUT2D eigenvalue weighted by Gasteiger charge is -2.19. The maximum Gasteiger partial charge on any atom is 0.223 e. The van der Waals surface area contributed by atoms with Crippen LogP contribution in [-0.4, -0.2) is 28.0 Å². The second-order valence-corrected chi connectivity index (χ2v) is 4.99. The molecule has 3 N–H and O–H groups in total. The van der Waals surface area contributed by atoms with Gasteiger partial charge in [0.2, 0.25) is 5.95 Å². The van der Waals surface area contributed by atoms with Crippen molar-refractivity contribution in [3.63, 3.8) is 0 Å². The Labute approximate surface area is 119 Å². The van der Waals surface area contributed by atoms with Crippen LogP contribution in [-0.2, 0) is 6.54 Å². The molecule has 2 heterocycles. The van der Waals surface area contributed by atoms with Gasteiger partial charge in [-0.05, 0) is 25.5 Å². The maximum absolute atomic E-state index is 5.77. The zero-order valence-corrected chi connectivity index (χ0v) is 12.0. The Morgan fingerprint density at radius 2 is 2.15 bits per heavy atom. The Morgan fingerprint density at radius 1 is 1.35 bits per heavy atom. The fourth-order valence-corrected chi connectivity index (χ4v) is 1.86. The molecule has 0 fully saturated rings. The molecule has 0 aliphatic carbocycles. The average Bonchev–Trinajstić information content (AvgIpc) is 2.38. The zero-order valence-electron chi connectivity index (χ0n) is 12.0. The fraction of sp³-hybridized carbons (Fsp3) is 0.357. The van der Waals surface area contributed by atoms with Crippen LogP contribution in [0.5, 0.6) is 0 Å². The minimum absolute atomic E-state index is 0.267. The van der Waals surface area contributed by atoms with E-state index in [4.69, 9.17) is 5.73 Å². The third-order valence-electron chi connectivity index (χ3n) is 2.70. The molecule has 0 aliphatic rings. The zero-order chi connectivity index (χ0) is 14.5. The molecule has 106 valence electrons. The van der Waals surface area contributed by atoms with Crippen LogP contribution in [0.15, 0.2) is 30.6 Å². The number of nitrogens with two attached hydrogens (primary N) is 1. The third-order valence-corrected chi connectivity index (χ3v) is 2.70. The highest BCUT2D eigenvalue weighted by molar-refractivity contribution is 5.52. The van der Waals surface area contributed by atoms with Gasteiger partial charge in [-0.3, -0.25) is 4.98 Å². The molecule has 0 aliphatic heterocycles. The number of nitrogens with zero attached hydrogens (tertiary/aromatic N) is 4. The Kier molecular flexibility index (Phi) is 4.34. The van der Waals surface area contributed by atoms with E-state index in [2.05, 4.69) is 34.1 Å². The normalized spacial score (nSPS) is 10.6. The Balaban J connectivity index is 2.16. The average molecular weight is 272 g/mol. The molecule has 0 aromatic carbocycles. The van der Waals surface area contributed by atoms with Crippen molar-refractivity contribution in [2.24, 2.45) is 0 Å². The molecule has 0 saturated carbocycles. The molecule has 0 radical (unpaired) electrons. The molecule has 6 heteroatoms. The summed E-state index contributed by atoms with van der Waals surface area (Å²) in [5.41, 5.74) is 6.88. The van der Waals surface area contributed by atoms with Crippen molar-refractivity contribution in [3.8, 4) is 0 Å². The van der Waals surface area contributed by atoms with Crippen LogP contribution in [0.2, 0.25) is 0 Å². The van der Waals surface area contributed by atoms with Crippen LogP contribution < -0.4 is 16.0 Å². The predicted octanol–water partition coefficient (Wildman–Crippen LogP) is 1.91. The summed E-state index contributed by atoms with van der Waals surface area (Å²) in [4.78, 5) is 14.6. The van der Waals surface area contributed by atoms with Gasteiger partial charge in [-0.1, -0.05) is 6.07 Å². The number of aromatic nitrogens is 3. The second kappa shape index (κ2) is 6.18. The Hall–Kier alpha value is -2.37. The number of hydrogen-bond acceptors (Lipinski definition) is 6. The van der Waals surface area contributed by atoms with Gasteiger partial charge in [0, 0.05) is 38.1 Å². The van der Waals surface area contributed by atoms with Crippen molar-refractivity contribution in [2.45, 2.75) is 26.4 Å². The van der Waals surface area contributed by atoms with Gasteiger partial charge in [-0.15, -0.1) is 0 Å². The molecule has 0 unspecified atom stereocenters. The summed E-state index contributed by atoms with van der Waals surface area (Å²) in [7, 11) is 1.97. The highest BCUT2D eigenvalue weighted by Crippen LogP contribution is 2.18.